The summed E-state index contributed by atoms with van der Waals surface area (Å²) in [5.74, 6) is 0.909. The van der Waals surface area contributed by atoms with Gasteiger partial charge in [-0.2, -0.15) is 0 Å². The lowest BCUT2D eigenvalue weighted by Gasteiger charge is -2.38. The molecule has 0 radical (unpaired) electrons. The molecule has 3 aromatic rings. The highest BCUT2D eigenvalue weighted by Crippen LogP contribution is 2.30. The van der Waals surface area contributed by atoms with Crippen molar-refractivity contribution >= 4 is 29.1 Å². The lowest BCUT2D eigenvalue weighted by Crippen LogP contribution is -2.58. The standard InChI is InChI=1S/C31H36N4O6S/c1-5-39-23-12-21-13-24(14-23)41-22-8-6-7-20(11-22)17-40-27-9-10-35(31(38)26-18-42-29(33-26)19(2)3)15-25(27)32-28(36)16-34(4)30(21)37/h6-8,11-14,18-19,25,27H,5,9-10,15-17H2,1-4H3,(H,32,36)/t25-,27+/m0/s1. The van der Waals surface area contributed by atoms with Gasteiger partial charge in [-0.3, -0.25) is 14.4 Å². The maximum absolute atomic E-state index is 13.4. The maximum Gasteiger partial charge on any atom is 0.273 e. The number of hydrogen-bond donors (Lipinski definition) is 1. The molecule has 2 aliphatic rings. The summed E-state index contributed by atoms with van der Waals surface area (Å²) < 4.78 is 18.1. The fraction of sp³-hybridized carbons (Fsp3) is 0.419. The molecular weight excluding hydrogens is 556 g/mol. The second kappa shape index (κ2) is 12.9. The van der Waals surface area contributed by atoms with Crippen molar-refractivity contribution in [3.05, 3.63) is 69.7 Å². The number of likely N-dealkylation sites (tertiary alicyclic amines) is 1. The van der Waals surface area contributed by atoms with Crippen LogP contribution in [-0.4, -0.2) is 77.9 Å². The Bertz CT molecular complexity index is 1460. The number of nitrogens with one attached hydrogen (secondary N) is 1. The SMILES string of the molecule is CCOc1cc2cc(c1)C(=O)N(C)CC(=O)N[C@H]1CN(C(=O)c3csc(C(C)C)n3)CC[C@H]1OCc1cccc(c1)O2. The first-order valence-electron chi connectivity index (χ1n) is 14.2. The minimum absolute atomic E-state index is 0.167. The van der Waals surface area contributed by atoms with Crippen molar-refractivity contribution in [1.82, 2.24) is 20.1 Å². The largest absolute Gasteiger partial charge is 0.494 e. The molecule has 5 rings (SSSR count). The summed E-state index contributed by atoms with van der Waals surface area (Å²) in [6, 6.07) is 12.1. The number of fused-ring (bicyclic) bond motifs is 5. The Labute approximate surface area is 249 Å². The summed E-state index contributed by atoms with van der Waals surface area (Å²) in [5.41, 5.74) is 1.65. The van der Waals surface area contributed by atoms with Crippen molar-refractivity contribution in [2.75, 3.05) is 33.3 Å². The van der Waals surface area contributed by atoms with Crippen LogP contribution in [0.1, 0.15) is 64.5 Å². The average molecular weight is 593 g/mol. The summed E-state index contributed by atoms with van der Waals surface area (Å²) in [4.78, 5) is 47.5. The first kappa shape index (κ1) is 29.5. The number of amides is 3. The van der Waals surface area contributed by atoms with Gasteiger partial charge in [-0.25, -0.2) is 4.98 Å². The van der Waals surface area contributed by atoms with Crippen LogP contribution >= 0.6 is 11.3 Å². The molecule has 3 amide bonds. The number of likely N-dealkylation sites (N-methyl/N-ethyl adjacent to an activating group) is 1. The molecule has 0 spiro atoms. The predicted molar refractivity (Wildman–Crippen MR) is 158 cm³/mol. The Morgan fingerprint density at radius 3 is 2.79 bits per heavy atom. The number of thiazole rings is 1. The van der Waals surface area contributed by atoms with Gasteiger partial charge in [-0.1, -0.05) is 26.0 Å². The lowest BCUT2D eigenvalue weighted by atomic mass is 10.0. The zero-order chi connectivity index (χ0) is 29.8. The molecule has 1 saturated heterocycles. The van der Waals surface area contributed by atoms with Crippen LogP contribution in [0.25, 0.3) is 0 Å². The number of rotatable bonds is 4. The number of hydrogen-bond acceptors (Lipinski definition) is 8. The van der Waals surface area contributed by atoms with E-state index in [9.17, 15) is 14.4 Å². The van der Waals surface area contributed by atoms with E-state index in [0.717, 1.165) is 10.6 Å². The summed E-state index contributed by atoms with van der Waals surface area (Å²) in [6.45, 7) is 7.24. The van der Waals surface area contributed by atoms with Crippen LogP contribution in [0.5, 0.6) is 17.2 Å². The number of aromatic nitrogens is 1. The quantitative estimate of drug-likeness (QED) is 0.476. The zero-order valence-corrected chi connectivity index (χ0v) is 25.1. The number of piperidine rings is 1. The Morgan fingerprint density at radius 2 is 2.02 bits per heavy atom. The van der Waals surface area contributed by atoms with Gasteiger partial charge in [-0.05, 0) is 43.2 Å². The number of carbonyl (C=O) groups is 3. The van der Waals surface area contributed by atoms with Crippen molar-refractivity contribution in [2.45, 2.75) is 51.9 Å². The van der Waals surface area contributed by atoms with Gasteiger partial charge in [0.1, 0.15) is 22.9 Å². The molecule has 1 fully saturated rings. The smallest absolute Gasteiger partial charge is 0.273 e. The molecule has 11 heteroatoms. The van der Waals surface area contributed by atoms with E-state index in [-0.39, 0.29) is 42.8 Å². The summed E-state index contributed by atoms with van der Waals surface area (Å²) in [6.07, 6.45) is 0.202. The van der Waals surface area contributed by atoms with Crippen molar-refractivity contribution < 1.29 is 28.6 Å². The molecule has 4 bridgehead atoms. The molecule has 0 saturated carbocycles. The number of ether oxygens (including phenoxy) is 3. The Morgan fingerprint density at radius 1 is 1.19 bits per heavy atom. The predicted octanol–water partition coefficient (Wildman–Crippen LogP) is 4.46. The Balaban J connectivity index is 1.41. The third-order valence-corrected chi connectivity index (χ3v) is 8.33. The fourth-order valence-corrected chi connectivity index (χ4v) is 5.88. The van der Waals surface area contributed by atoms with Crippen molar-refractivity contribution in [3.8, 4) is 17.2 Å². The van der Waals surface area contributed by atoms with Crippen molar-refractivity contribution in [3.63, 3.8) is 0 Å². The van der Waals surface area contributed by atoms with Gasteiger partial charge < -0.3 is 29.3 Å². The molecule has 42 heavy (non-hydrogen) atoms. The summed E-state index contributed by atoms with van der Waals surface area (Å²) in [7, 11) is 1.57. The van der Waals surface area contributed by atoms with E-state index in [0.29, 0.717) is 54.7 Å². The lowest BCUT2D eigenvalue weighted by molar-refractivity contribution is -0.124. The fourth-order valence-electron chi connectivity index (χ4n) is 5.07. The second-order valence-electron chi connectivity index (χ2n) is 10.8. The highest BCUT2D eigenvalue weighted by molar-refractivity contribution is 7.09. The van der Waals surface area contributed by atoms with Gasteiger partial charge >= 0.3 is 0 Å². The maximum atomic E-state index is 13.4. The highest BCUT2D eigenvalue weighted by atomic mass is 32.1. The van der Waals surface area contributed by atoms with E-state index in [2.05, 4.69) is 10.3 Å². The van der Waals surface area contributed by atoms with Crippen LogP contribution in [0.4, 0.5) is 0 Å². The molecule has 2 atom stereocenters. The first-order valence-corrected chi connectivity index (χ1v) is 15.0. The van der Waals surface area contributed by atoms with Crippen LogP contribution in [0.3, 0.4) is 0 Å². The minimum Gasteiger partial charge on any atom is -0.494 e. The van der Waals surface area contributed by atoms with Gasteiger partial charge in [0.15, 0.2) is 0 Å². The molecule has 1 N–H and O–H groups in total. The molecule has 0 aliphatic carbocycles. The second-order valence-corrected chi connectivity index (χ2v) is 11.7. The molecule has 2 aliphatic heterocycles. The number of nitrogens with zero attached hydrogens (tertiary/aromatic N) is 3. The van der Waals surface area contributed by atoms with Crippen LogP contribution in [0, 0.1) is 0 Å². The van der Waals surface area contributed by atoms with Crippen molar-refractivity contribution in [1.29, 1.82) is 0 Å². The van der Waals surface area contributed by atoms with Gasteiger partial charge in [0.2, 0.25) is 5.91 Å². The molecular formula is C31H36N4O6S. The highest BCUT2D eigenvalue weighted by Gasteiger charge is 2.35. The van der Waals surface area contributed by atoms with Gasteiger partial charge in [0.05, 0.1) is 36.9 Å². The minimum atomic E-state index is -0.470. The Kier molecular flexibility index (Phi) is 9.08. The van der Waals surface area contributed by atoms with Crippen LogP contribution < -0.4 is 14.8 Å². The van der Waals surface area contributed by atoms with E-state index in [1.165, 1.54) is 16.2 Å². The molecule has 1 aromatic heterocycles. The van der Waals surface area contributed by atoms with Crippen LogP contribution in [0.15, 0.2) is 47.8 Å². The number of carbonyl (C=O) groups excluding carboxylic acids is 3. The van der Waals surface area contributed by atoms with E-state index < -0.39 is 6.04 Å². The first-order chi connectivity index (χ1) is 20.2. The molecule has 222 valence electrons. The molecule has 3 heterocycles. The normalized spacial score (nSPS) is 19.6. The van der Waals surface area contributed by atoms with Crippen LogP contribution in [-0.2, 0) is 16.1 Å². The van der Waals surface area contributed by atoms with E-state index in [1.54, 1.807) is 35.5 Å². The molecule has 0 unspecified atom stereocenters. The zero-order valence-electron chi connectivity index (χ0n) is 24.3. The van der Waals surface area contributed by atoms with E-state index in [4.69, 9.17) is 14.2 Å². The van der Waals surface area contributed by atoms with Gasteiger partial charge in [-0.15, -0.1) is 11.3 Å². The topological polar surface area (TPSA) is 110 Å². The van der Waals surface area contributed by atoms with E-state index in [1.807, 2.05) is 45.0 Å². The molecule has 2 aromatic carbocycles. The summed E-state index contributed by atoms with van der Waals surface area (Å²) in [5, 5.41) is 5.74. The average Bonchev–Trinajstić information content (AvgIpc) is 3.46. The Hall–Kier alpha value is -3.96. The third-order valence-electron chi connectivity index (χ3n) is 7.18. The number of benzene rings is 2. The third kappa shape index (κ3) is 6.91. The van der Waals surface area contributed by atoms with Crippen LogP contribution in [0.2, 0.25) is 0 Å². The van der Waals surface area contributed by atoms with Gasteiger partial charge in [0.25, 0.3) is 11.8 Å². The molecule has 10 nitrogen and oxygen atoms in total. The van der Waals surface area contributed by atoms with E-state index >= 15 is 0 Å². The summed E-state index contributed by atoms with van der Waals surface area (Å²) >= 11 is 1.48. The van der Waals surface area contributed by atoms with Gasteiger partial charge in [0, 0.05) is 43.1 Å². The van der Waals surface area contributed by atoms with Crippen molar-refractivity contribution in [2.24, 2.45) is 0 Å². The monoisotopic (exact) mass is 592 g/mol.